The summed E-state index contributed by atoms with van der Waals surface area (Å²) in [6.07, 6.45) is 8.53. The van der Waals surface area contributed by atoms with E-state index in [1.165, 1.54) is 19.3 Å². The number of nitrogens with one attached hydrogen (secondary N) is 1. The highest BCUT2D eigenvalue weighted by Crippen LogP contribution is 2.26. The lowest BCUT2D eigenvalue weighted by Gasteiger charge is -2.20. The Hall–Kier alpha value is -1.40. The molecule has 1 N–H and O–H groups in total. The van der Waals surface area contributed by atoms with Crippen molar-refractivity contribution in [1.82, 2.24) is 9.62 Å². The Kier molecular flexibility index (Phi) is 10.3. The zero-order valence-corrected chi connectivity index (χ0v) is 18.5. The molecule has 1 heterocycles. The Labute approximate surface area is 178 Å². The molecule has 6 heteroatoms. The molecule has 1 aliphatic carbocycles. The number of benzene rings is 1. The first-order valence-electron chi connectivity index (χ1n) is 10.2. The lowest BCUT2D eigenvalue weighted by atomic mass is 9.90. The van der Waals surface area contributed by atoms with E-state index in [0.717, 1.165) is 43.6 Å². The number of aryl methyl sites for hydroxylation is 1. The van der Waals surface area contributed by atoms with Gasteiger partial charge in [-0.15, -0.1) is 0 Å². The minimum atomic E-state index is -3.44. The van der Waals surface area contributed by atoms with Gasteiger partial charge in [-0.3, -0.25) is 4.79 Å². The van der Waals surface area contributed by atoms with E-state index in [-0.39, 0.29) is 26.7 Å². The summed E-state index contributed by atoms with van der Waals surface area (Å²) in [6.45, 7) is 3.50. The van der Waals surface area contributed by atoms with Gasteiger partial charge in [-0.2, -0.15) is 4.31 Å². The summed E-state index contributed by atoms with van der Waals surface area (Å²) >= 11 is 0. The predicted octanol–water partition coefficient (Wildman–Crippen LogP) is 4.10. The lowest BCUT2D eigenvalue weighted by Crippen LogP contribution is -2.35. The van der Waals surface area contributed by atoms with E-state index < -0.39 is 10.0 Å². The third-order valence-corrected chi connectivity index (χ3v) is 7.62. The second-order valence-electron chi connectivity index (χ2n) is 7.91. The average Bonchev–Trinajstić information content (AvgIpc) is 3.10. The Morgan fingerprint density at radius 2 is 1.62 bits per heavy atom. The van der Waals surface area contributed by atoms with E-state index in [2.05, 4.69) is 5.32 Å². The number of nitrogens with zero attached hydrogens (tertiary/aromatic N) is 1. The number of amides is 1. The summed E-state index contributed by atoms with van der Waals surface area (Å²) < 4.78 is 27.1. The molecule has 0 bridgehead atoms. The first-order chi connectivity index (χ1) is 13.0. The maximum atomic E-state index is 12.8. The Balaban J connectivity index is 0.00000210. The van der Waals surface area contributed by atoms with Crippen LogP contribution < -0.4 is 5.32 Å². The van der Waals surface area contributed by atoms with Gasteiger partial charge in [-0.1, -0.05) is 64.7 Å². The second-order valence-corrected chi connectivity index (χ2v) is 9.85. The molecule has 1 saturated heterocycles. The maximum absolute atomic E-state index is 12.8. The number of hydrogen-bond donors (Lipinski definition) is 1. The molecule has 0 aromatic heterocycles. The van der Waals surface area contributed by atoms with Crippen LogP contribution in [0.3, 0.4) is 0 Å². The molecule has 2 aliphatic rings. The van der Waals surface area contributed by atoms with Crippen LogP contribution in [0, 0.1) is 33.6 Å². The van der Waals surface area contributed by atoms with Crippen LogP contribution in [-0.4, -0.2) is 38.3 Å². The van der Waals surface area contributed by atoms with Gasteiger partial charge in [0, 0.05) is 19.6 Å². The Morgan fingerprint density at radius 3 is 2.24 bits per heavy atom. The molecular formula is C23H35N2O3S. The van der Waals surface area contributed by atoms with Crippen LogP contribution in [-0.2, 0) is 14.8 Å². The first-order valence-corrected chi connectivity index (χ1v) is 11.6. The molecule has 2 fully saturated rings. The van der Waals surface area contributed by atoms with Crippen molar-refractivity contribution in [2.75, 3.05) is 19.6 Å². The predicted molar refractivity (Wildman–Crippen MR) is 117 cm³/mol. The number of rotatable bonds is 5. The summed E-state index contributed by atoms with van der Waals surface area (Å²) in [5.41, 5.74) is 1.04. The fraction of sp³-hybridized carbons (Fsp3) is 0.565. The van der Waals surface area contributed by atoms with Crippen molar-refractivity contribution in [3.63, 3.8) is 0 Å². The van der Waals surface area contributed by atoms with Crippen molar-refractivity contribution in [3.05, 3.63) is 50.6 Å². The molecule has 29 heavy (non-hydrogen) atoms. The lowest BCUT2D eigenvalue weighted by molar-refractivity contribution is -0.120. The standard InChI is InChI=1S/C21H31N2O3S.2CH2/c1-17-9-11-20(12-10-17)27(25,26)23-14-13-18(16-23)15-22-21(24)19-7-5-3-2-4-6-8-19;;/h9-12,18H,2-8,13-16H2,1H3,(H,22,24);2*1H2. The molecule has 1 amide bonds. The quantitative estimate of drug-likeness (QED) is 0.781. The van der Waals surface area contributed by atoms with Crippen molar-refractivity contribution in [3.8, 4) is 0 Å². The maximum Gasteiger partial charge on any atom is 0.243 e. The van der Waals surface area contributed by atoms with Crippen molar-refractivity contribution < 1.29 is 13.2 Å². The fourth-order valence-electron chi connectivity index (χ4n) is 3.96. The molecule has 5 nitrogen and oxygen atoms in total. The summed E-state index contributed by atoms with van der Waals surface area (Å²) in [4.78, 5) is 12.8. The molecule has 1 unspecified atom stereocenters. The minimum Gasteiger partial charge on any atom is -0.355 e. The normalized spacial score (nSPS) is 21.3. The van der Waals surface area contributed by atoms with Gasteiger partial charge < -0.3 is 5.32 Å². The van der Waals surface area contributed by atoms with Gasteiger partial charge in [0.05, 0.1) is 10.8 Å². The minimum absolute atomic E-state index is 0. The van der Waals surface area contributed by atoms with Gasteiger partial charge in [-0.25, -0.2) is 8.42 Å². The van der Waals surface area contributed by atoms with Crippen LogP contribution in [0.25, 0.3) is 0 Å². The van der Waals surface area contributed by atoms with E-state index in [0.29, 0.717) is 24.5 Å². The molecule has 1 atom stereocenters. The van der Waals surface area contributed by atoms with E-state index in [1.807, 2.05) is 19.1 Å². The first kappa shape index (κ1) is 25.6. The van der Waals surface area contributed by atoms with Crippen LogP contribution in [0.5, 0.6) is 0 Å². The number of carbonyl (C=O) groups excluding carboxylic acids is 1. The molecule has 161 valence electrons. The Bertz CT molecular complexity index is 723. The van der Waals surface area contributed by atoms with Crippen molar-refractivity contribution in [1.29, 1.82) is 0 Å². The molecule has 1 aromatic rings. The second kappa shape index (κ2) is 11.7. The van der Waals surface area contributed by atoms with E-state index >= 15 is 0 Å². The van der Waals surface area contributed by atoms with Gasteiger partial charge in [0.1, 0.15) is 0 Å². The number of sulfonamides is 1. The van der Waals surface area contributed by atoms with Crippen LogP contribution in [0.4, 0.5) is 0 Å². The molecule has 1 saturated carbocycles. The molecular weight excluding hydrogens is 384 g/mol. The molecule has 1 aromatic carbocycles. The van der Waals surface area contributed by atoms with Crippen molar-refractivity contribution in [2.24, 2.45) is 5.92 Å². The van der Waals surface area contributed by atoms with Crippen LogP contribution in [0.2, 0.25) is 0 Å². The van der Waals surface area contributed by atoms with Crippen LogP contribution >= 0.6 is 0 Å². The highest BCUT2D eigenvalue weighted by Gasteiger charge is 2.33. The van der Waals surface area contributed by atoms with Gasteiger partial charge in [-0.05, 0) is 44.2 Å². The number of carbonyl (C=O) groups is 1. The van der Waals surface area contributed by atoms with Crippen LogP contribution in [0.15, 0.2) is 29.2 Å². The zero-order valence-electron chi connectivity index (χ0n) is 17.7. The summed E-state index contributed by atoms with van der Waals surface area (Å²) in [5.74, 6) is 1.29. The summed E-state index contributed by atoms with van der Waals surface area (Å²) in [7, 11) is -3.44. The summed E-state index contributed by atoms with van der Waals surface area (Å²) in [5, 5.41) is 3.06. The van der Waals surface area contributed by atoms with Gasteiger partial charge >= 0.3 is 0 Å². The molecule has 1 aliphatic heterocycles. The zero-order chi connectivity index (χ0) is 19.3. The fourth-order valence-corrected chi connectivity index (χ4v) is 5.49. The summed E-state index contributed by atoms with van der Waals surface area (Å²) in [6, 6.07) is 7.00. The highest BCUT2D eigenvalue weighted by atomic mass is 32.2. The smallest absolute Gasteiger partial charge is 0.243 e. The SMILES string of the molecule is Cc1ccc(S(=O)(=O)N2CCC(CNC(=O)[C]3CCCCCCC3)C2)cc1.[CH2].[CH2]. The highest BCUT2D eigenvalue weighted by molar-refractivity contribution is 7.89. The van der Waals surface area contributed by atoms with E-state index in [9.17, 15) is 13.2 Å². The topological polar surface area (TPSA) is 66.5 Å². The largest absolute Gasteiger partial charge is 0.355 e. The third kappa shape index (κ3) is 6.82. The van der Waals surface area contributed by atoms with Crippen molar-refractivity contribution in [2.45, 2.75) is 63.2 Å². The molecule has 5 radical (unpaired) electrons. The van der Waals surface area contributed by atoms with E-state index in [4.69, 9.17) is 0 Å². The molecule has 3 rings (SSSR count). The van der Waals surface area contributed by atoms with Gasteiger partial charge in [0.15, 0.2) is 0 Å². The van der Waals surface area contributed by atoms with Gasteiger partial charge in [0.2, 0.25) is 15.9 Å². The number of hydrogen-bond acceptors (Lipinski definition) is 3. The molecule has 0 spiro atoms. The average molecular weight is 420 g/mol. The monoisotopic (exact) mass is 419 g/mol. The van der Waals surface area contributed by atoms with E-state index in [1.54, 1.807) is 16.4 Å². The van der Waals surface area contributed by atoms with Gasteiger partial charge in [0.25, 0.3) is 0 Å². The van der Waals surface area contributed by atoms with Crippen LogP contribution in [0.1, 0.15) is 56.9 Å². The Morgan fingerprint density at radius 1 is 1.03 bits per heavy atom. The third-order valence-electron chi connectivity index (χ3n) is 5.74. The van der Waals surface area contributed by atoms with Crippen molar-refractivity contribution >= 4 is 15.9 Å².